The fourth-order valence-electron chi connectivity index (χ4n) is 5.52. The van der Waals surface area contributed by atoms with Gasteiger partial charge in [-0.1, -0.05) is 44.2 Å². The van der Waals surface area contributed by atoms with E-state index < -0.39 is 5.54 Å². The van der Waals surface area contributed by atoms with Crippen LogP contribution in [0.2, 0.25) is 0 Å². The van der Waals surface area contributed by atoms with Gasteiger partial charge in [-0.15, -0.1) is 0 Å². The number of aromatic nitrogens is 1. The lowest BCUT2D eigenvalue weighted by Crippen LogP contribution is -2.64. The highest BCUT2D eigenvalue weighted by Crippen LogP contribution is 2.35. The van der Waals surface area contributed by atoms with Crippen LogP contribution in [0.1, 0.15) is 67.9 Å². The fraction of sp³-hybridized carbons (Fsp3) is 0.448. The number of nitrogens with zero attached hydrogens (tertiary/aromatic N) is 2. The highest BCUT2D eigenvalue weighted by atomic mass is 16.5. The molecule has 190 valence electrons. The second-order valence-corrected chi connectivity index (χ2v) is 10.2. The Balaban J connectivity index is 1.49. The van der Waals surface area contributed by atoms with Gasteiger partial charge < -0.3 is 23.9 Å². The highest BCUT2D eigenvalue weighted by molar-refractivity contribution is 6.00. The first-order valence-corrected chi connectivity index (χ1v) is 13.0. The summed E-state index contributed by atoms with van der Waals surface area (Å²) in [6.07, 6.45) is 9.54. The number of carbonyl (C=O) groups excluding carboxylic acids is 2. The summed E-state index contributed by atoms with van der Waals surface area (Å²) in [7, 11) is 1.63. The number of rotatable bonds is 6. The molecule has 5 rings (SSSR count). The van der Waals surface area contributed by atoms with Crippen LogP contribution in [-0.4, -0.2) is 40.0 Å². The van der Waals surface area contributed by atoms with E-state index >= 15 is 0 Å². The number of ether oxygens (including phenoxy) is 1. The van der Waals surface area contributed by atoms with E-state index in [1.165, 1.54) is 19.3 Å². The van der Waals surface area contributed by atoms with Gasteiger partial charge in [0, 0.05) is 12.6 Å². The van der Waals surface area contributed by atoms with Crippen molar-refractivity contribution < 1.29 is 18.7 Å². The second kappa shape index (κ2) is 10.2. The first-order chi connectivity index (χ1) is 17.5. The van der Waals surface area contributed by atoms with Crippen LogP contribution in [0.5, 0.6) is 5.75 Å². The molecule has 2 aliphatic rings. The van der Waals surface area contributed by atoms with Crippen LogP contribution >= 0.6 is 0 Å². The topological polar surface area (TPSA) is 76.7 Å². The van der Waals surface area contributed by atoms with E-state index in [1.54, 1.807) is 18.3 Å². The lowest BCUT2D eigenvalue weighted by molar-refractivity contribution is -0.134. The molecule has 0 spiro atoms. The van der Waals surface area contributed by atoms with Crippen LogP contribution in [0.15, 0.2) is 59.2 Å². The van der Waals surface area contributed by atoms with Gasteiger partial charge in [-0.05, 0) is 61.7 Å². The molecule has 0 saturated heterocycles. The zero-order valence-electron chi connectivity index (χ0n) is 21.2. The fourth-order valence-corrected chi connectivity index (χ4v) is 5.52. The average molecular weight is 490 g/mol. The van der Waals surface area contributed by atoms with E-state index in [-0.39, 0.29) is 17.9 Å². The molecule has 1 aliphatic heterocycles. The molecule has 0 bridgehead atoms. The third-order valence-electron chi connectivity index (χ3n) is 7.71. The van der Waals surface area contributed by atoms with Gasteiger partial charge >= 0.3 is 0 Å². The summed E-state index contributed by atoms with van der Waals surface area (Å²) < 4.78 is 12.9. The Morgan fingerprint density at radius 1 is 1.03 bits per heavy atom. The van der Waals surface area contributed by atoms with E-state index in [0.717, 1.165) is 42.7 Å². The van der Waals surface area contributed by atoms with Gasteiger partial charge in [0.25, 0.3) is 5.91 Å². The Morgan fingerprint density at radius 3 is 2.39 bits per heavy atom. The summed E-state index contributed by atoms with van der Waals surface area (Å²) in [5, 5.41) is 3.34. The van der Waals surface area contributed by atoms with E-state index in [2.05, 4.69) is 5.32 Å². The van der Waals surface area contributed by atoms with Gasteiger partial charge in [0.1, 0.15) is 22.7 Å². The van der Waals surface area contributed by atoms with Crippen molar-refractivity contribution in [2.24, 2.45) is 0 Å². The van der Waals surface area contributed by atoms with E-state index in [0.29, 0.717) is 24.5 Å². The molecular formula is C29H35N3O4. The van der Waals surface area contributed by atoms with Gasteiger partial charge in [-0.25, -0.2) is 0 Å². The van der Waals surface area contributed by atoms with Crippen molar-refractivity contribution >= 4 is 11.8 Å². The van der Waals surface area contributed by atoms with Crippen LogP contribution < -0.4 is 10.1 Å². The molecule has 1 fully saturated rings. The van der Waals surface area contributed by atoms with Crippen LogP contribution in [0.25, 0.3) is 11.5 Å². The van der Waals surface area contributed by atoms with Crippen LogP contribution in [0.3, 0.4) is 0 Å². The highest BCUT2D eigenvalue weighted by Gasteiger charge is 2.48. The molecule has 0 unspecified atom stereocenters. The van der Waals surface area contributed by atoms with Gasteiger partial charge in [0.05, 0.1) is 25.6 Å². The Morgan fingerprint density at radius 2 is 1.72 bits per heavy atom. The number of furan rings is 1. The number of amides is 2. The SMILES string of the molecule is COc1ccc(CN2C(=O)c3ccc(-c4ccco4)n3C[C@]2(C)C(=O)NC2CCCCCCC2)cc1. The molecule has 1 N–H and O–H groups in total. The lowest BCUT2D eigenvalue weighted by atomic mass is 9.91. The van der Waals surface area contributed by atoms with Crippen LogP contribution in [0.4, 0.5) is 0 Å². The Hall–Kier alpha value is -3.48. The quantitative estimate of drug-likeness (QED) is 0.503. The number of hydrogen-bond acceptors (Lipinski definition) is 4. The van der Waals surface area contributed by atoms with Crippen molar-refractivity contribution in [3.8, 4) is 17.2 Å². The first kappa shape index (κ1) is 24.2. The maximum Gasteiger partial charge on any atom is 0.271 e. The van der Waals surface area contributed by atoms with Crippen molar-refractivity contribution in [2.45, 2.75) is 76.5 Å². The number of fused-ring (bicyclic) bond motifs is 1. The molecule has 7 nitrogen and oxygen atoms in total. The molecule has 36 heavy (non-hydrogen) atoms. The standard InChI is InChI=1S/C29H35N3O4/c1-29(28(34)30-22-9-6-4-3-5-7-10-22)20-31-24(26-11-8-18-36-26)16-17-25(31)27(33)32(29)19-21-12-14-23(35-2)15-13-21/h8,11-18,22H,3-7,9-10,19-20H2,1-2H3,(H,30,34)/t29-/m1/s1. The Kier molecular flexibility index (Phi) is 6.90. The molecule has 1 aromatic carbocycles. The number of nitrogens with one attached hydrogen (secondary N) is 1. The lowest BCUT2D eigenvalue weighted by Gasteiger charge is -2.45. The molecule has 1 atom stereocenters. The zero-order valence-corrected chi connectivity index (χ0v) is 21.2. The summed E-state index contributed by atoms with van der Waals surface area (Å²) >= 11 is 0. The minimum atomic E-state index is -1.06. The predicted octanol–water partition coefficient (Wildman–Crippen LogP) is 5.40. The summed E-state index contributed by atoms with van der Waals surface area (Å²) in [5.74, 6) is 1.18. The maximum atomic E-state index is 14.0. The summed E-state index contributed by atoms with van der Waals surface area (Å²) in [6, 6.07) is 15.2. The third-order valence-corrected chi connectivity index (χ3v) is 7.71. The summed E-state index contributed by atoms with van der Waals surface area (Å²) in [5.41, 5.74) is 1.25. The van der Waals surface area contributed by atoms with Crippen molar-refractivity contribution in [1.82, 2.24) is 14.8 Å². The number of carbonyl (C=O) groups is 2. The van der Waals surface area contributed by atoms with Crippen molar-refractivity contribution in [3.63, 3.8) is 0 Å². The molecule has 0 radical (unpaired) electrons. The maximum absolute atomic E-state index is 14.0. The van der Waals surface area contributed by atoms with Crippen molar-refractivity contribution in [2.75, 3.05) is 7.11 Å². The molecule has 3 heterocycles. The molecule has 3 aromatic rings. The Labute approximate surface area is 212 Å². The van der Waals surface area contributed by atoms with Crippen LogP contribution in [0, 0.1) is 0 Å². The minimum absolute atomic E-state index is 0.0975. The number of benzene rings is 1. The van der Waals surface area contributed by atoms with Gasteiger partial charge in [-0.3, -0.25) is 9.59 Å². The molecule has 1 saturated carbocycles. The smallest absolute Gasteiger partial charge is 0.271 e. The summed E-state index contributed by atoms with van der Waals surface area (Å²) in [4.78, 5) is 29.6. The Bertz CT molecular complexity index is 1190. The average Bonchev–Trinajstić information content (AvgIpc) is 3.53. The summed E-state index contributed by atoms with van der Waals surface area (Å²) in [6.45, 7) is 2.58. The number of hydrogen-bond donors (Lipinski definition) is 1. The van der Waals surface area contributed by atoms with Gasteiger partial charge in [0.15, 0.2) is 0 Å². The zero-order chi connectivity index (χ0) is 25.1. The third kappa shape index (κ3) is 4.66. The van der Waals surface area contributed by atoms with E-state index in [1.807, 2.05) is 60.0 Å². The van der Waals surface area contributed by atoms with E-state index in [4.69, 9.17) is 9.15 Å². The molecule has 7 heteroatoms. The minimum Gasteiger partial charge on any atom is -0.497 e. The van der Waals surface area contributed by atoms with Gasteiger partial charge in [-0.2, -0.15) is 0 Å². The predicted molar refractivity (Wildman–Crippen MR) is 138 cm³/mol. The second-order valence-electron chi connectivity index (χ2n) is 10.2. The normalized spacial score (nSPS) is 20.9. The van der Waals surface area contributed by atoms with Crippen molar-refractivity contribution in [3.05, 3.63) is 66.1 Å². The van der Waals surface area contributed by atoms with Crippen LogP contribution in [-0.2, 0) is 17.9 Å². The molecule has 2 amide bonds. The largest absolute Gasteiger partial charge is 0.497 e. The van der Waals surface area contributed by atoms with Gasteiger partial charge in [0.2, 0.25) is 5.91 Å². The molecule has 1 aliphatic carbocycles. The van der Waals surface area contributed by atoms with E-state index in [9.17, 15) is 9.59 Å². The molecular weight excluding hydrogens is 454 g/mol. The monoisotopic (exact) mass is 489 g/mol. The molecule has 2 aromatic heterocycles. The van der Waals surface area contributed by atoms with Crippen molar-refractivity contribution in [1.29, 1.82) is 0 Å². The number of methoxy groups -OCH3 is 1. The first-order valence-electron chi connectivity index (χ1n) is 13.0.